The first-order valence-electron chi connectivity index (χ1n) is 9.31. The number of halogens is 2. The summed E-state index contributed by atoms with van der Waals surface area (Å²) < 4.78 is 6.15. The molecular formula is C23H17BrClN3O4. The summed E-state index contributed by atoms with van der Waals surface area (Å²) in [4.78, 5) is 36.5. The Bertz CT molecular complexity index is 1200. The molecule has 3 rings (SSSR count). The van der Waals surface area contributed by atoms with Crippen LogP contribution in [0.3, 0.4) is 0 Å². The molecule has 0 saturated heterocycles. The monoisotopic (exact) mass is 513 g/mol. The van der Waals surface area contributed by atoms with Gasteiger partial charge in [-0.15, -0.1) is 0 Å². The number of nitrogens with zero attached hydrogens (tertiary/aromatic N) is 1. The van der Waals surface area contributed by atoms with E-state index in [0.29, 0.717) is 31.9 Å². The number of hydrazone groups is 1. The number of anilines is 1. The van der Waals surface area contributed by atoms with Gasteiger partial charge in [-0.25, -0.2) is 10.2 Å². The molecule has 0 radical (unpaired) electrons. The van der Waals surface area contributed by atoms with Crippen molar-refractivity contribution < 1.29 is 19.1 Å². The molecule has 0 fully saturated rings. The Morgan fingerprint density at radius 1 is 1.00 bits per heavy atom. The summed E-state index contributed by atoms with van der Waals surface area (Å²) in [6, 6.07) is 18.4. The normalized spacial score (nSPS) is 10.6. The van der Waals surface area contributed by atoms with Crippen molar-refractivity contribution >= 4 is 57.2 Å². The quantitative estimate of drug-likeness (QED) is 0.169. The largest absolute Gasteiger partial charge is 0.422 e. The number of rotatable bonds is 5. The Morgan fingerprint density at radius 3 is 2.50 bits per heavy atom. The molecule has 9 heteroatoms. The lowest BCUT2D eigenvalue weighted by atomic mass is 10.2. The number of carbonyl (C=O) groups excluding carboxylic acids is 3. The van der Waals surface area contributed by atoms with Gasteiger partial charge >= 0.3 is 17.8 Å². The summed E-state index contributed by atoms with van der Waals surface area (Å²) >= 11 is 9.35. The lowest BCUT2D eigenvalue weighted by Gasteiger charge is -2.09. The van der Waals surface area contributed by atoms with Crippen LogP contribution in [0.2, 0.25) is 5.02 Å². The highest BCUT2D eigenvalue weighted by molar-refractivity contribution is 9.10. The topological polar surface area (TPSA) is 96.9 Å². The van der Waals surface area contributed by atoms with Crippen molar-refractivity contribution in [2.45, 2.75) is 6.92 Å². The molecule has 0 aromatic heterocycles. The maximum Gasteiger partial charge on any atom is 0.343 e. The van der Waals surface area contributed by atoms with Crippen molar-refractivity contribution in [3.05, 3.63) is 92.9 Å². The Balaban J connectivity index is 1.67. The van der Waals surface area contributed by atoms with Gasteiger partial charge in [0.1, 0.15) is 5.75 Å². The number of carbonyl (C=O) groups is 3. The third-order valence-corrected chi connectivity index (χ3v) is 5.18. The maximum absolute atomic E-state index is 12.3. The van der Waals surface area contributed by atoms with Crippen LogP contribution in [0.1, 0.15) is 21.5 Å². The van der Waals surface area contributed by atoms with E-state index in [1.54, 1.807) is 73.7 Å². The maximum atomic E-state index is 12.3. The molecule has 32 heavy (non-hydrogen) atoms. The smallest absolute Gasteiger partial charge is 0.343 e. The number of esters is 1. The zero-order valence-corrected chi connectivity index (χ0v) is 19.1. The highest BCUT2D eigenvalue weighted by Gasteiger charge is 2.15. The lowest BCUT2D eigenvalue weighted by Crippen LogP contribution is -2.32. The molecule has 0 heterocycles. The molecule has 0 bridgehead atoms. The fourth-order valence-electron chi connectivity index (χ4n) is 2.58. The number of ether oxygens (including phenoxy) is 1. The molecule has 7 nitrogen and oxygen atoms in total. The van der Waals surface area contributed by atoms with Crippen LogP contribution in [0.25, 0.3) is 0 Å². The van der Waals surface area contributed by atoms with Crippen LogP contribution in [0, 0.1) is 6.92 Å². The molecule has 0 spiro atoms. The van der Waals surface area contributed by atoms with Gasteiger partial charge in [-0.05, 0) is 55.0 Å². The van der Waals surface area contributed by atoms with Crippen LogP contribution in [0.4, 0.5) is 5.69 Å². The number of hydrogen-bond acceptors (Lipinski definition) is 5. The first-order valence-corrected chi connectivity index (χ1v) is 10.5. The molecule has 0 aliphatic heterocycles. The third kappa shape index (κ3) is 6.03. The first kappa shape index (κ1) is 23.2. The van der Waals surface area contributed by atoms with Gasteiger partial charge in [0.2, 0.25) is 0 Å². The van der Waals surface area contributed by atoms with Gasteiger partial charge in [0.25, 0.3) is 0 Å². The minimum atomic E-state index is -0.974. The standard InChI is InChI=1S/C23H17BrClN3O4/c1-14-18(25)8-5-9-19(14)27-21(29)22(30)28-26-13-16-12-17(24)10-11-20(16)32-23(31)15-6-3-2-4-7-15/h2-13H,1H3,(H,27,29)(H,28,30)/b26-13+. The lowest BCUT2D eigenvalue weighted by molar-refractivity contribution is -0.136. The second-order valence-electron chi connectivity index (χ2n) is 6.50. The van der Waals surface area contributed by atoms with Crippen molar-refractivity contribution in [3.63, 3.8) is 0 Å². The van der Waals surface area contributed by atoms with Crippen LogP contribution < -0.4 is 15.5 Å². The minimum absolute atomic E-state index is 0.235. The summed E-state index contributed by atoms with van der Waals surface area (Å²) in [5.74, 6) is -2.18. The van der Waals surface area contributed by atoms with E-state index < -0.39 is 17.8 Å². The van der Waals surface area contributed by atoms with Gasteiger partial charge in [0.15, 0.2) is 0 Å². The van der Waals surface area contributed by atoms with E-state index in [-0.39, 0.29) is 5.75 Å². The van der Waals surface area contributed by atoms with Crippen LogP contribution in [0.15, 0.2) is 76.3 Å². The SMILES string of the molecule is Cc1c(Cl)cccc1NC(=O)C(=O)N/N=C/c1cc(Br)ccc1OC(=O)c1ccccc1. The molecule has 0 saturated carbocycles. The van der Waals surface area contributed by atoms with Crippen molar-refractivity contribution in [3.8, 4) is 5.75 Å². The third-order valence-electron chi connectivity index (χ3n) is 4.28. The minimum Gasteiger partial charge on any atom is -0.422 e. The Morgan fingerprint density at radius 2 is 1.75 bits per heavy atom. The van der Waals surface area contributed by atoms with E-state index in [4.69, 9.17) is 16.3 Å². The molecule has 2 N–H and O–H groups in total. The van der Waals surface area contributed by atoms with E-state index in [9.17, 15) is 14.4 Å². The molecular weight excluding hydrogens is 498 g/mol. The average molecular weight is 515 g/mol. The second kappa shape index (κ2) is 10.7. The van der Waals surface area contributed by atoms with Crippen molar-refractivity contribution in [1.82, 2.24) is 5.43 Å². The van der Waals surface area contributed by atoms with Crippen molar-refractivity contribution in [2.75, 3.05) is 5.32 Å². The number of amides is 2. The second-order valence-corrected chi connectivity index (χ2v) is 7.83. The fraction of sp³-hybridized carbons (Fsp3) is 0.0435. The van der Waals surface area contributed by atoms with E-state index in [1.165, 1.54) is 6.21 Å². The van der Waals surface area contributed by atoms with Gasteiger partial charge in [0, 0.05) is 20.7 Å². The summed E-state index contributed by atoms with van der Waals surface area (Å²) in [7, 11) is 0. The van der Waals surface area contributed by atoms with Crippen molar-refractivity contribution in [2.24, 2.45) is 5.10 Å². The predicted octanol–water partition coefficient (Wildman–Crippen LogP) is 4.72. The zero-order chi connectivity index (χ0) is 23.1. The van der Waals surface area contributed by atoms with Crippen molar-refractivity contribution in [1.29, 1.82) is 0 Å². The molecule has 2 amide bonds. The van der Waals surface area contributed by atoms with E-state index in [1.807, 2.05) is 0 Å². The summed E-state index contributed by atoms with van der Waals surface area (Å²) in [6.45, 7) is 1.72. The van der Waals surface area contributed by atoms with Gasteiger partial charge in [-0.2, -0.15) is 5.10 Å². The van der Waals surface area contributed by atoms with Crippen LogP contribution in [-0.2, 0) is 9.59 Å². The molecule has 162 valence electrons. The Labute approximate surface area is 197 Å². The van der Waals surface area contributed by atoms with E-state index >= 15 is 0 Å². The van der Waals surface area contributed by atoms with Crippen LogP contribution in [0.5, 0.6) is 5.75 Å². The molecule has 0 aliphatic carbocycles. The summed E-state index contributed by atoms with van der Waals surface area (Å²) in [5, 5.41) is 6.75. The Hall–Kier alpha value is -3.49. The predicted molar refractivity (Wildman–Crippen MR) is 126 cm³/mol. The molecule has 0 atom stereocenters. The average Bonchev–Trinajstić information content (AvgIpc) is 2.79. The number of nitrogens with one attached hydrogen (secondary N) is 2. The van der Waals surface area contributed by atoms with Crippen LogP contribution >= 0.6 is 27.5 Å². The summed E-state index contributed by atoms with van der Waals surface area (Å²) in [6.07, 6.45) is 1.27. The Kier molecular flexibility index (Phi) is 7.75. The zero-order valence-electron chi connectivity index (χ0n) is 16.8. The van der Waals surface area contributed by atoms with Gasteiger partial charge in [0.05, 0.1) is 11.8 Å². The van der Waals surface area contributed by atoms with E-state index in [2.05, 4.69) is 31.8 Å². The molecule has 0 unspecified atom stereocenters. The summed E-state index contributed by atoms with van der Waals surface area (Å²) in [5.41, 5.74) is 4.00. The molecule has 0 aliphatic rings. The molecule has 3 aromatic rings. The van der Waals surface area contributed by atoms with E-state index in [0.717, 1.165) is 0 Å². The van der Waals surface area contributed by atoms with Gasteiger partial charge in [-0.1, -0.05) is 51.8 Å². The van der Waals surface area contributed by atoms with Crippen LogP contribution in [-0.4, -0.2) is 24.0 Å². The highest BCUT2D eigenvalue weighted by atomic mass is 79.9. The number of benzene rings is 3. The van der Waals surface area contributed by atoms with Gasteiger partial charge < -0.3 is 10.1 Å². The fourth-order valence-corrected chi connectivity index (χ4v) is 3.13. The number of hydrogen-bond donors (Lipinski definition) is 2. The molecule has 3 aromatic carbocycles. The highest BCUT2D eigenvalue weighted by Crippen LogP contribution is 2.24. The van der Waals surface area contributed by atoms with Gasteiger partial charge in [-0.3, -0.25) is 9.59 Å². The first-order chi connectivity index (χ1) is 15.3.